The van der Waals surface area contributed by atoms with Crippen molar-refractivity contribution in [2.24, 2.45) is 0 Å². The van der Waals surface area contributed by atoms with Crippen LogP contribution in [-0.4, -0.2) is 56.3 Å². The minimum absolute atomic E-state index is 0.00679. The van der Waals surface area contributed by atoms with E-state index in [2.05, 4.69) is 12.2 Å². The average molecular weight is 366 g/mol. The lowest BCUT2D eigenvalue weighted by atomic mass is 10.1. The number of carbonyl (C=O) groups excluding carboxylic acids is 2. The van der Waals surface area contributed by atoms with Crippen LogP contribution in [0.25, 0.3) is 0 Å². The number of nitrogens with zero attached hydrogens (tertiary/aromatic N) is 1. The number of amides is 2. The van der Waals surface area contributed by atoms with Crippen LogP contribution in [0.1, 0.15) is 53.3 Å². The van der Waals surface area contributed by atoms with Gasteiger partial charge in [-0.05, 0) is 31.0 Å². The Balaban J connectivity index is 2.02. The van der Waals surface area contributed by atoms with Crippen LogP contribution in [0, 0.1) is 0 Å². The number of unbranched alkanes of at least 4 members (excludes halogenated alkanes) is 2. The number of carbonyl (C=O) groups is 2. The first-order chi connectivity index (χ1) is 11.8. The van der Waals surface area contributed by atoms with E-state index < -0.39 is 9.84 Å². The lowest BCUT2D eigenvalue weighted by Crippen LogP contribution is -2.38. The third-order valence-corrected chi connectivity index (χ3v) is 6.26. The largest absolute Gasteiger partial charge is 0.352 e. The topological polar surface area (TPSA) is 83.6 Å². The second-order valence-electron chi connectivity index (χ2n) is 6.52. The number of hydrogen-bond acceptors (Lipinski definition) is 4. The maximum absolute atomic E-state index is 12.6. The molecule has 0 spiro atoms. The van der Waals surface area contributed by atoms with Gasteiger partial charge in [-0.2, -0.15) is 0 Å². The third-order valence-electron chi connectivity index (χ3n) is 4.51. The van der Waals surface area contributed by atoms with E-state index in [1.54, 1.807) is 31.3 Å². The molecule has 0 bridgehead atoms. The molecule has 0 radical (unpaired) electrons. The Morgan fingerprint density at radius 1 is 1.24 bits per heavy atom. The molecule has 1 heterocycles. The number of hydrogen-bond donors (Lipinski definition) is 1. The summed E-state index contributed by atoms with van der Waals surface area (Å²) in [6, 6.07) is 6.26. The summed E-state index contributed by atoms with van der Waals surface area (Å²) in [4.78, 5) is 26.3. The van der Waals surface area contributed by atoms with Crippen molar-refractivity contribution in [1.82, 2.24) is 10.2 Å². The summed E-state index contributed by atoms with van der Waals surface area (Å²) in [6.07, 6.45) is 3.54. The summed E-state index contributed by atoms with van der Waals surface area (Å²) in [5.41, 5.74) is 0.836. The highest BCUT2D eigenvalue weighted by Crippen LogP contribution is 2.19. The molecule has 138 valence electrons. The van der Waals surface area contributed by atoms with Crippen LogP contribution < -0.4 is 5.32 Å². The molecule has 1 fully saturated rings. The number of rotatable bonds is 7. The quantitative estimate of drug-likeness (QED) is 0.747. The summed E-state index contributed by atoms with van der Waals surface area (Å²) >= 11 is 0. The molecule has 2 rings (SSSR count). The van der Waals surface area contributed by atoms with Crippen LogP contribution >= 0.6 is 0 Å². The molecule has 1 aliphatic rings. The van der Waals surface area contributed by atoms with Crippen LogP contribution in [0.15, 0.2) is 24.3 Å². The van der Waals surface area contributed by atoms with Gasteiger partial charge in [-0.25, -0.2) is 8.42 Å². The van der Waals surface area contributed by atoms with E-state index in [4.69, 9.17) is 0 Å². The molecule has 1 N–H and O–H groups in total. The minimum atomic E-state index is -3.05. The van der Waals surface area contributed by atoms with Crippen molar-refractivity contribution in [2.75, 3.05) is 25.1 Å². The molecule has 1 atom stereocenters. The monoisotopic (exact) mass is 366 g/mol. The Kier molecular flexibility index (Phi) is 6.58. The third kappa shape index (κ3) is 5.29. The zero-order valence-electron chi connectivity index (χ0n) is 14.8. The summed E-state index contributed by atoms with van der Waals surface area (Å²) in [6.45, 7) is 2.72. The van der Waals surface area contributed by atoms with Gasteiger partial charge in [0.05, 0.1) is 11.5 Å². The van der Waals surface area contributed by atoms with Crippen LogP contribution in [0.4, 0.5) is 0 Å². The van der Waals surface area contributed by atoms with Gasteiger partial charge in [0.1, 0.15) is 0 Å². The van der Waals surface area contributed by atoms with Gasteiger partial charge >= 0.3 is 0 Å². The summed E-state index contributed by atoms with van der Waals surface area (Å²) in [5.74, 6) is -0.331. The van der Waals surface area contributed by atoms with Crippen LogP contribution in [0.2, 0.25) is 0 Å². The van der Waals surface area contributed by atoms with E-state index in [0.717, 1.165) is 19.3 Å². The fraction of sp³-hybridized carbons (Fsp3) is 0.556. The summed E-state index contributed by atoms with van der Waals surface area (Å²) in [5, 5.41) is 2.85. The molecule has 0 saturated carbocycles. The van der Waals surface area contributed by atoms with Gasteiger partial charge in [0.25, 0.3) is 11.8 Å². The molecule has 1 saturated heterocycles. The molecule has 6 nitrogen and oxygen atoms in total. The number of nitrogens with one attached hydrogen (secondary N) is 1. The first-order valence-corrected chi connectivity index (χ1v) is 10.5. The second-order valence-corrected chi connectivity index (χ2v) is 8.75. The Morgan fingerprint density at radius 2 is 1.96 bits per heavy atom. The Labute approximate surface area is 149 Å². The highest BCUT2D eigenvalue weighted by molar-refractivity contribution is 7.91. The van der Waals surface area contributed by atoms with E-state index in [1.165, 1.54) is 4.90 Å². The lowest BCUT2D eigenvalue weighted by molar-refractivity contribution is 0.0747. The summed E-state index contributed by atoms with van der Waals surface area (Å²) < 4.78 is 23.2. The molecule has 7 heteroatoms. The fourth-order valence-corrected chi connectivity index (χ4v) is 4.70. The maximum Gasteiger partial charge on any atom is 0.253 e. The molecule has 1 unspecified atom stereocenters. The van der Waals surface area contributed by atoms with E-state index in [0.29, 0.717) is 24.1 Å². The number of benzene rings is 1. The van der Waals surface area contributed by atoms with E-state index in [1.807, 2.05) is 0 Å². The van der Waals surface area contributed by atoms with Crippen LogP contribution in [0.3, 0.4) is 0 Å². The zero-order chi connectivity index (χ0) is 18.4. The van der Waals surface area contributed by atoms with Gasteiger partial charge in [-0.1, -0.05) is 25.8 Å². The van der Waals surface area contributed by atoms with E-state index in [-0.39, 0.29) is 29.4 Å². The van der Waals surface area contributed by atoms with E-state index in [9.17, 15) is 18.0 Å². The van der Waals surface area contributed by atoms with Gasteiger partial charge in [-0.15, -0.1) is 0 Å². The molecule has 1 aromatic carbocycles. The molecule has 1 aliphatic heterocycles. The summed E-state index contributed by atoms with van der Waals surface area (Å²) in [7, 11) is -1.43. The Hall–Kier alpha value is -1.89. The van der Waals surface area contributed by atoms with Gasteiger partial charge < -0.3 is 10.2 Å². The highest BCUT2D eigenvalue weighted by atomic mass is 32.2. The van der Waals surface area contributed by atoms with Gasteiger partial charge in [0.15, 0.2) is 9.84 Å². The van der Waals surface area contributed by atoms with E-state index >= 15 is 0 Å². The second kappa shape index (κ2) is 8.47. The van der Waals surface area contributed by atoms with Gasteiger partial charge in [0, 0.05) is 30.8 Å². The molecule has 1 aromatic rings. The van der Waals surface area contributed by atoms with Gasteiger partial charge in [-0.3, -0.25) is 9.59 Å². The van der Waals surface area contributed by atoms with Crippen molar-refractivity contribution in [3.8, 4) is 0 Å². The van der Waals surface area contributed by atoms with Crippen molar-refractivity contribution in [3.63, 3.8) is 0 Å². The number of sulfone groups is 1. The predicted octanol–water partition coefficient (Wildman–Crippen LogP) is 1.87. The first-order valence-electron chi connectivity index (χ1n) is 8.70. The van der Waals surface area contributed by atoms with Crippen molar-refractivity contribution < 1.29 is 18.0 Å². The van der Waals surface area contributed by atoms with Crippen molar-refractivity contribution in [2.45, 2.75) is 38.6 Å². The standard InChI is InChI=1S/C18H26N2O4S/c1-3-4-5-10-19-17(21)14-7-6-8-15(12-14)18(22)20(2)16-9-11-25(23,24)13-16/h6-8,12,16H,3-5,9-11,13H2,1-2H3,(H,19,21). The first kappa shape index (κ1) is 19.4. The van der Waals surface area contributed by atoms with Crippen molar-refractivity contribution in [1.29, 1.82) is 0 Å². The maximum atomic E-state index is 12.6. The Morgan fingerprint density at radius 3 is 2.60 bits per heavy atom. The van der Waals surface area contributed by atoms with Crippen LogP contribution in [-0.2, 0) is 9.84 Å². The average Bonchev–Trinajstić information content (AvgIpc) is 2.97. The molecular weight excluding hydrogens is 340 g/mol. The van der Waals surface area contributed by atoms with Crippen molar-refractivity contribution >= 4 is 21.7 Å². The Bertz CT molecular complexity index is 730. The molecule has 2 amide bonds. The zero-order valence-corrected chi connectivity index (χ0v) is 15.6. The molecular formula is C18H26N2O4S. The minimum Gasteiger partial charge on any atom is -0.352 e. The normalized spacial score (nSPS) is 18.7. The lowest BCUT2D eigenvalue weighted by Gasteiger charge is -2.23. The molecule has 25 heavy (non-hydrogen) atoms. The predicted molar refractivity (Wildman–Crippen MR) is 97.5 cm³/mol. The SMILES string of the molecule is CCCCCNC(=O)c1cccc(C(=O)N(C)C2CCS(=O)(=O)C2)c1. The van der Waals surface area contributed by atoms with Crippen LogP contribution in [0.5, 0.6) is 0 Å². The fourth-order valence-electron chi connectivity index (χ4n) is 2.92. The highest BCUT2D eigenvalue weighted by Gasteiger charge is 2.33. The van der Waals surface area contributed by atoms with Crippen molar-refractivity contribution in [3.05, 3.63) is 35.4 Å². The van der Waals surface area contributed by atoms with Gasteiger partial charge in [0.2, 0.25) is 0 Å². The smallest absolute Gasteiger partial charge is 0.253 e. The molecule has 0 aliphatic carbocycles. The molecule has 0 aromatic heterocycles.